The van der Waals surface area contributed by atoms with Crippen molar-refractivity contribution >= 4 is 17.0 Å². The number of nitrogens with one attached hydrogen (secondary N) is 2. The molecule has 2 heterocycles. The molecule has 0 saturated heterocycles. The Hall–Kier alpha value is -3.22. The van der Waals surface area contributed by atoms with Gasteiger partial charge in [-0.25, -0.2) is 9.98 Å². The second kappa shape index (κ2) is 8.86. The molecule has 7 heteroatoms. The Kier molecular flexibility index (Phi) is 5.84. The fourth-order valence-electron chi connectivity index (χ4n) is 3.47. The Balaban J connectivity index is 1.32. The number of guanidine groups is 1. The Labute approximate surface area is 170 Å². The minimum Gasteiger partial charge on any atom is -0.454 e. The molecule has 3 aromatic rings. The van der Waals surface area contributed by atoms with Gasteiger partial charge in [0.15, 0.2) is 17.5 Å². The van der Waals surface area contributed by atoms with Gasteiger partial charge in [0.1, 0.15) is 5.82 Å². The average Bonchev–Trinajstić information content (AvgIpc) is 3.32. The molecule has 0 unspecified atom stereocenters. The van der Waals surface area contributed by atoms with Crippen LogP contribution in [-0.2, 0) is 13.1 Å². The molecule has 29 heavy (non-hydrogen) atoms. The minimum absolute atomic E-state index is 0.290. The maximum Gasteiger partial charge on any atom is 0.231 e. The smallest absolute Gasteiger partial charge is 0.231 e. The van der Waals surface area contributed by atoms with Gasteiger partial charge in [-0.2, -0.15) is 0 Å². The molecule has 2 N–H and O–H groups in total. The first-order valence-electron chi connectivity index (χ1n) is 10.1. The van der Waals surface area contributed by atoms with Gasteiger partial charge in [-0.1, -0.05) is 18.2 Å². The molecule has 0 fully saturated rings. The number of para-hydroxylation sites is 2. The maximum absolute atomic E-state index is 5.44. The summed E-state index contributed by atoms with van der Waals surface area (Å²) in [5.41, 5.74) is 3.33. The molecule has 1 aliphatic rings. The zero-order valence-corrected chi connectivity index (χ0v) is 16.9. The van der Waals surface area contributed by atoms with Gasteiger partial charge >= 0.3 is 0 Å². The maximum atomic E-state index is 5.44. The van der Waals surface area contributed by atoms with Crippen LogP contribution in [0.2, 0.25) is 0 Å². The predicted octanol–water partition coefficient (Wildman–Crippen LogP) is 3.22. The number of aromatic nitrogens is 2. The lowest BCUT2D eigenvalue weighted by atomic mass is 10.2. The lowest BCUT2D eigenvalue weighted by Crippen LogP contribution is -2.38. The summed E-state index contributed by atoms with van der Waals surface area (Å²) in [5.74, 6) is 3.45. The van der Waals surface area contributed by atoms with Crippen molar-refractivity contribution in [2.75, 3.05) is 19.9 Å². The highest BCUT2D eigenvalue weighted by molar-refractivity contribution is 5.79. The summed E-state index contributed by atoms with van der Waals surface area (Å²) < 4.78 is 13.1. The lowest BCUT2D eigenvalue weighted by Gasteiger charge is -2.12. The van der Waals surface area contributed by atoms with E-state index in [0.717, 1.165) is 60.4 Å². The monoisotopic (exact) mass is 393 g/mol. The van der Waals surface area contributed by atoms with Crippen LogP contribution < -0.4 is 20.1 Å². The third-order valence-electron chi connectivity index (χ3n) is 4.90. The highest BCUT2D eigenvalue weighted by Crippen LogP contribution is 2.32. The summed E-state index contributed by atoms with van der Waals surface area (Å²) in [5, 5.41) is 6.73. The number of ether oxygens (including phenoxy) is 2. The second-order valence-corrected chi connectivity index (χ2v) is 6.96. The fourth-order valence-corrected chi connectivity index (χ4v) is 3.47. The van der Waals surface area contributed by atoms with Crippen molar-refractivity contribution in [1.82, 2.24) is 20.2 Å². The van der Waals surface area contributed by atoms with E-state index in [1.165, 1.54) is 5.52 Å². The van der Waals surface area contributed by atoms with Gasteiger partial charge in [-0.3, -0.25) is 0 Å². The number of hydrogen-bond donors (Lipinski definition) is 2. The fraction of sp³-hybridized carbons (Fsp3) is 0.364. The van der Waals surface area contributed by atoms with Crippen LogP contribution in [0.4, 0.5) is 0 Å². The van der Waals surface area contributed by atoms with Gasteiger partial charge in [0, 0.05) is 19.6 Å². The van der Waals surface area contributed by atoms with Gasteiger partial charge in [0.25, 0.3) is 0 Å². The van der Waals surface area contributed by atoms with Crippen LogP contribution in [0.5, 0.6) is 11.5 Å². The first-order chi connectivity index (χ1) is 14.2. The molecule has 1 aliphatic heterocycles. The summed E-state index contributed by atoms with van der Waals surface area (Å²) in [6, 6.07) is 14.2. The molecule has 4 rings (SSSR count). The number of hydrogen-bond acceptors (Lipinski definition) is 4. The van der Waals surface area contributed by atoms with Gasteiger partial charge in [0.05, 0.1) is 17.6 Å². The van der Waals surface area contributed by atoms with Crippen molar-refractivity contribution in [3.05, 3.63) is 53.9 Å². The number of aliphatic imine (C=N–C) groups is 1. The third-order valence-corrected chi connectivity index (χ3v) is 4.90. The van der Waals surface area contributed by atoms with Crippen molar-refractivity contribution in [2.45, 2.75) is 33.4 Å². The van der Waals surface area contributed by atoms with Crippen LogP contribution >= 0.6 is 0 Å². The van der Waals surface area contributed by atoms with Crippen LogP contribution in [0.25, 0.3) is 11.0 Å². The number of rotatable bonds is 7. The largest absolute Gasteiger partial charge is 0.454 e. The SMILES string of the molecule is CCNC(=NCc1ccc2c(c1)OCO2)NCCCn1c(C)nc2ccccc21. The summed E-state index contributed by atoms with van der Waals surface area (Å²) in [6.07, 6.45) is 0.982. The summed E-state index contributed by atoms with van der Waals surface area (Å²) in [4.78, 5) is 9.32. The van der Waals surface area contributed by atoms with Crippen LogP contribution in [0, 0.1) is 6.92 Å². The molecule has 152 valence electrons. The zero-order valence-electron chi connectivity index (χ0n) is 16.9. The van der Waals surface area contributed by atoms with E-state index in [2.05, 4.69) is 52.2 Å². The van der Waals surface area contributed by atoms with Gasteiger partial charge < -0.3 is 24.7 Å². The molecule has 7 nitrogen and oxygen atoms in total. The lowest BCUT2D eigenvalue weighted by molar-refractivity contribution is 0.174. The number of nitrogens with zero attached hydrogens (tertiary/aromatic N) is 3. The van der Waals surface area contributed by atoms with Gasteiger partial charge in [-0.15, -0.1) is 0 Å². The molecule has 2 aromatic carbocycles. The van der Waals surface area contributed by atoms with E-state index in [1.54, 1.807) is 0 Å². The highest BCUT2D eigenvalue weighted by Gasteiger charge is 2.13. The Morgan fingerprint density at radius 2 is 2.00 bits per heavy atom. The normalized spacial score (nSPS) is 13.1. The van der Waals surface area contributed by atoms with Gasteiger partial charge in [0.2, 0.25) is 6.79 Å². The van der Waals surface area contributed by atoms with Crippen LogP contribution in [0.15, 0.2) is 47.5 Å². The molecule has 0 saturated carbocycles. The Bertz CT molecular complexity index is 1010. The van der Waals surface area contributed by atoms with Crippen molar-refractivity contribution in [2.24, 2.45) is 4.99 Å². The zero-order chi connectivity index (χ0) is 20.1. The molecule has 1 aromatic heterocycles. The molecule has 0 atom stereocenters. The first kappa shape index (κ1) is 19.1. The van der Waals surface area contributed by atoms with Crippen molar-refractivity contribution < 1.29 is 9.47 Å². The van der Waals surface area contributed by atoms with Crippen molar-refractivity contribution in [3.63, 3.8) is 0 Å². The van der Waals surface area contributed by atoms with E-state index in [-0.39, 0.29) is 6.79 Å². The third kappa shape index (κ3) is 4.45. The standard InChI is InChI=1S/C22H27N5O2/c1-3-23-22(25-14-17-9-10-20-21(13-17)29-15-28-20)24-11-6-12-27-16(2)26-18-7-4-5-8-19(18)27/h4-5,7-10,13H,3,6,11-12,14-15H2,1-2H3,(H2,23,24,25). The van der Waals surface area contributed by atoms with Crippen molar-refractivity contribution in [3.8, 4) is 11.5 Å². The van der Waals surface area contributed by atoms with E-state index in [0.29, 0.717) is 6.54 Å². The summed E-state index contributed by atoms with van der Waals surface area (Å²) in [7, 11) is 0. The molecular formula is C22H27N5O2. The molecule has 0 radical (unpaired) electrons. The van der Waals surface area contributed by atoms with E-state index in [1.807, 2.05) is 24.3 Å². The van der Waals surface area contributed by atoms with E-state index in [4.69, 9.17) is 14.5 Å². The highest BCUT2D eigenvalue weighted by atomic mass is 16.7. The Morgan fingerprint density at radius 3 is 2.90 bits per heavy atom. The second-order valence-electron chi connectivity index (χ2n) is 6.96. The predicted molar refractivity (Wildman–Crippen MR) is 114 cm³/mol. The van der Waals surface area contributed by atoms with Crippen LogP contribution in [0.1, 0.15) is 24.7 Å². The summed E-state index contributed by atoms with van der Waals surface area (Å²) in [6.45, 7) is 7.57. The molecule has 0 aliphatic carbocycles. The van der Waals surface area contributed by atoms with E-state index >= 15 is 0 Å². The minimum atomic E-state index is 0.290. The molecular weight excluding hydrogens is 366 g/mol. The first-order valence-corrected chi connectivity index (χ1v) is 10.1. The van der Waals surface area contributed by atoms with E-state index < -0.39 is 0 Å². The number of benzene rings is 2. The van der Waals surface area contributed by atoms with Crippen LogP contribution in [-0.4, -0.2) is 35.4 Å². The number of aryl methyl sites for hydroxylation is 2. The topological polar surface area (TPSA) is 72.7 Å². The van der Waals surface area contributed by atoms with Gasteiger partial charge in [-0.05, 0) is 50.1 Å². The Morgan fingerprint density at radius 1 is 1.14 bits per heavy atom. The number of imidazole rings is 1. The summed E-state index contributed by atoms with van der Waals surface area (Å²) >= 11 is 0. The molecule has 0 spiro atoms. The number of fused-ring (bicyclic) bond motifs is 2. The van der Waals surface area contributed by atoms with E-state index in [9.17, 15) is 0 Å². The molecule has 0 amide bonds. The molecule has 0 bridgehead atoms. The van der Waals surface area contributed by atoms with Crippen LogP contribution in [0.3, 0.4) is 0 Å². The van der Waals surface area contributed by atoms with Crippen molar-refractivity contribution in [1.29, 1.82) is 0 Å². The quantitative estimate of drug-likeness (QED) is 0.366. The average molecular weight is 393 g/mol.